The minimum Gasteiger partial charge on any atom is -0.405 e. The summed E-state index contributed by atoms with van der Waals surface area (Å²) in [7, 11) is 0. The van der Waals surface area contributed by atoms with Gasteiger partial charge in [0.1, 0.15) is 0 Å². The molecule has 0 radical (unpaired) electrons. The number of rotatable bonds is 2. The van der Waals surface area contributed by atoms with Crippen LogP contribution in [0.4, 0.5) is 0 Å². The van der Waals surface area contributed by atoms with Gasteiger partial charge in [0, 0.05) is 5.92 Å². The molecule has 1 nitrogen and oxygen atoms in total. The Balaban J connectivity index is 0.000000673. The highest BCUT2D eigenvalue weighted by molar-refractivity contribution is 5.27. The molecule has 0 aromatic heterocycles. The van der Waals surface area contributed by atoms with E-state index in [1.165, 1.54) is 17.6 Å². The van der Waals surface area contributed by atoms with Gasteiger partial charge in [0.05, 0.1) is 0 Å². The molecule has 2 N–H and O–H groups in total. The van der Waals surface area contributed by atoms with E-state index in [0.717, 1.165) is 6.42 Å². The van der Waals surface area contributed by atoms with Crippen molar-refractivity contribution in [1.82, 2.24) is 0 Å². The fraction of sp³-hybridized carbons (Fsp3) is 0.467. The minimum absolute atomic E-state index is 0.555. The molecule has 1 aliphatic carbocycles. The van der Waals surface area contributed by atoms with Crippen molar-refractivity contribution < 1.29 is 0 Å². The zero-order valence-corrected chi connectivity index (χ0v) is 11.0. The Morgan fingerprint density at radius 1 is 1.50 bits per heavy atom. The van der Waals surface area contributed by atoms with E-state index in [0.29, 0.717) is 5.92 Å². The third-order valence-corrected chi connectivity index (χ3v) is 2.34. The number of hydrogen-bond donors (Lipinski definition) is 1. The highest BCUT2D eigenvalue weighted by atomic mass is 14.5. The van der Waals surface area contributed by atoms with Crippen LogP contribution in [0.15, 0.2) is 47.7 Å². The topological polar surface area (TPSA) is 26.0 Å². The van der Waals surface area contributed by atoms with E-state index in [-0.39, 0.29) is 0 Å². The van der Waals surface area contributed by atoms with E-state index in [1.54, 1.807) is 6.20 Å². The molecular formula is C15H25N. The molecular weight excluding hydrogens is 194 g/mol. The number of nitrogens with two attached hydrogens (primary N) is 1. The molecule has 0 unspecified atom stereocenters. The molecule has 0 aliphatic heterocycles. The highest BCUT2D eigenvalue weighted by Crippen LogP contribution is 2.22. The molecule has 1 atom stereocenters. The SMILES string of the molecule is CC1=CC[C@H](/C(C)=C/C=C\N)C=C1.CCC. The lowest BCUT2D eigenvalue weighted by Gasteiger charge is -2.14. The molecule has 0 fully saturated rings. The molecule has 16 heavy (non-hydrogen) atoms. The van der Waals surface area contributed by atoms with Gasteiger partial charge in [-0.15, -0.1) is 0 Å². The fourth-order valence-corrected chi connectivity index (χ4v) is 1.40. The molecule has 0 amide bonds. The predicted octanol–water partition coefficient (Wildman–Crippen LogP) is 4.34. The lowest BCUT2D eigenvalue weighted by Crippen LogP contribution is -2.00. The molecule has 0 spiro atoms. The summed E-state index contributed by atoms with van der Waals surface area (Å²) in [5.41, 5.74) is 8.00. The zero-order chi connectivity index (χ0) is 12.4. The predicted molar refractivity (Wildman–Crippen MR) is 74.1 cm³/mol. The molecule has 0 saturated carbocycles. The van der Waals surface area contributed by atoms with E-state index in [9.17, 15) is 0 Å². The lowest BCUT2D eigenvalue weighted by atomic mass is 9.91. The maximum atomic E-state index is 5.27. The van der Waals surface area contributed by atoms with Gasteiger partial charge in [0.15, 0.2) is 0 Å². The van der Waals surface area contributed by atoms with Crippen molar-refractivity contribution in [3.63, 3.8) is 0 Å². The van der Waals surface area contributed by atoms with Crippen molar-refractivity contribution in [2.45, 2.75) is 40.5 Å². The van der Waals surface area contributed by atoms with Gasteiger partial charge in [-0.1, -0.05) is 55.7 Å². The first-order chi connectivity index (χ1) is 7.65. The lowest BCUT2D eigenvalue weighted by molar-refractivity contribution is 0.760. The van der Waals surface area contributed by atoms with Gasteiger partial charge in [0.2, 0.25) is 0 Å². The Morgan fingerprint density at radius 2 is 2.12 bits per heavy atom. The van der Waals surface area contributed by atoms with Crippen molar-refractivity contribution in [3.05, 3.63) is 47.7 Å². The van der Waals surface area contributed by atoms with Crippen LogP contribution in [0.5, 0.6) is 0 Å². The molecule has 0 aromatic carbocycles. The molecule has 0 heterocycles. The smallest absolute Gasteiger partial charge is 0.00150 e. The summed E-state index contributed by atoms with van der Waals surface area (Å²) in [4.78, 5) is 0. The summed E-state index contributed by atoms with van der Waals surface area (Å²) in [6.07, 6.45) is 14.6. The average molecular weight is 219 g/mol. The highest BCUT2D eigenvalue weighted by Gasteiger charge is 2.07. The number of hydrogen-bond acceptors (Lipinski definition) is 1. The summed E-state index contributed by atoms with van der Waals surface area (Å²) >= 11 is 0. The summed E-state index contributed by atoms with van der Waals surface area (Å²) in [5.74, 6) is 0.555. The molecule has 1 heteroatoms. The van der Waals surface area contributed by atoms with Gasteiger partial charge in [0.25, 0.3) is 0 Å². The van der Waals surface area contributed by atoms with Crippen LogP contribution in [0.2, 0.25) is 0 Å². The van der Waals surface area contributed by atoms with E-state index < -0.39 is 0 Å². The van der Waals surface area contributed by atoms with Crippen LogP contribution >= 0.6 is 0 Å². The molecule has 0 aromatic rings. The van der Waals surface area contributed by atoms with Gasteiger partial charge in [-0.2, -0.15) is 0 Å². The summed E-state index contributed by atoms with van der Waals surface area (Å²) in [6.45, 7) is 8.52. The van der Waals surface area contributed by atoms with E-state index in [1.807, 2.05) is 6.08 Å². The Labute approximate surface area is 100 Å². The Morgan fingerprint density at radius 3 is 2.56 bits per heavy atom. The van der Waals surface area contributed by atoms with E-state index >= 15 is 0 Å². The van der Waals surface area contributed by atoms with E-state index in [2.05, 4.69) is 52.0 Å². The van der Waals surface area contributed by atoms with Crippen LogP contribution in [0.3, 0.4) is 0 Å². The van der Waals surface area contributed by atoms with Crippen LogP contribution in [-0.4, -0.2) is 0 Å². The monoisotopic (exact) mass is 219 g/mol. The standard InChI is InChI=1S/C12H17N.C3H8/c1-10-5-7-12(8-6-10)11(2)4-3-9-13;1-3-2/h3-7,9,12H,8,13H2,1-2H3;3H2,1-2H3/b9-3-,11-4+;/t12-;/m1./s1. The Bertz CT molecular complexity index is 293. The van der Waals surface area contributed by atoms with Crippen LogP contribution < -0.4 is 5.73 Å². The molecule has 1 rings (SSSR count). The van der Waals surface area contributed by atoms with E-state index in [4.69, 9.17) is 5.73 Å². The van der Waals surface area contributed by atoms with Gasteiger partial charge in [-0.3, -0.25) is 0 Å². The second-order valence-electron chi connectivity index (χ2n) is 4.15. The van der Waals surface area contributed by atoms with Crippen LogP contribution in [-0.2, 0) is 0 Å². The second-order valence-corrected chi connectivity index (χ2v) is 4.15. The first kappa shape index (κ1) is 14.8. The summed E-state index contributed by atoms with van der Waals surface area (Å²) in [6, 6.07) is 0. The second kappa shape index (κ2) is 9.02. The number of allylic oxidation sites excluding steroid dienone is 7. The van der Waals surface area contributed by atoms with Gasteiger partial charge in [-0.25, -0.2) is 0 Å². The quantitative estimate of drug-likeness (QED) is 0.687. The maximum absolute atomic E-state index is 5.27. The van der Waals surface area contributed by atoms with Crippen molar-refractivity contribution in [3.8, 4) is 0 Å². The molecule has 0 saturated heterocycles. The molecule has 90 valence electrons. The van der Waals surface area contributed by atoms with Gasteiger partial charge >= 0.3 is 0 Å². The molecule has 0 bridgehead atoms. The van der Waals surface area contributed by atoms with Crippen molar-refractivity contribution in [2.75, 3.05) is 0 Å². The minimum atomic E-state index is 0.555. The van der Waals surface area contributed by atoms with Crippen LogP contribution in [0.1, 0.15) is 40.5 Å². The van der Waals surface area contributed by atoms with Crippen molar-refractivity contribution in [1.29, 1.82) is 0 Å². The Hall–Kier alpha value is -1.24. The molecule has 1 aliphatic rings. The third kappa shape index (κ3) is 6.28. The van der Waals surface area contributed by atoms with Crippen LogP contribution in [0, 0.1) is 5.92 Å². The van der Waals surface area contributed by atoms with Crippen LogP contribution in [0.25, 0.3) is 0 Å². The fourth-order valence-electron chi connectivity index (χ4n) is 1.40. The van der Waals surface area contributed by atoms with Gasteiger partial charge in [-0.05, 0) is 32.5 Å². The maximum Gasteiger partial charge on any atom is 0.00150 e. The normalized spacial score (nSPS) is 20.4. The Kier molecular flexibility index (Phi) is 8.32. The summed E-state index contributed by atoms with van der Waals surface area (Å²) in [5, 5.41) is 0. The summed E-state index contributed by atoms with van der Waals surface area (Å²) < 4.78 is 0. The third-order valence-electron chi connectivity index (χ3n) is 2.34. The first-order valence-corrected chi connectivity index (χ1v) is 6.05. The largest absolute Gasteiger partial charge is 0.405 e. The van der Waals surface area contributed by atoms with Crippen molar-refractivity contribution in [2.24, 2.45) is 11.7 Å². The first-order valence-electron chi connectivity index (χ1n) is 6.05. The van der Waals surface area contributed by atoms with Crippen molar-refractivity contribution >= 4 is 0 Å². The zero-order valence-electron chi connectivity index (χ0n) is 11.0. The average Bonchev–Trinajstić information content (AvgIpc) is 2.28. The van der Waals surface area contributed by atoms with Gasteiger partial charge < -0.3 is 5.73 Å².